The molecule has 0 radical (unpaired) electrons. The number of likely N-dealkylation sites (N-methyl/N-ethyl adjacent to an activating group) is 1. The summed E-state index contributed by atoms with van der Waals surface area (Å²) in [6.45, 7) is 8.82. The summed E-state index contributed by atoms with van der Waals surface area (Å²) < 4.78 is 28.5. The zero-order valence-corrected chi connectivity index (χ0v) is 26.6. The molecule has 1 unspecified atom stereocenters. The van der Waals surface area contributed by atoms with Crippen molar-refractivity contribution in [2.24, 2.45) is 17.8 Å². The number of hydrogen-bond acceptors (Lipinski definition) is 8. The third-order valence-electron chi connectivity index (χ3n) is 9.63. The number of aliphatic hydroxyl groups is 1. The number of nitrogens with zero attached hydrogens (tertiary/aromatic N) is 5. The van der Waals surface area contributed by atoms with E-state index in [9.17, 15) is 19.8 Å². The molecule has 11 nitrogen and oxygen atoms in total. The van der Waals surface area contributed by atoms with Crippen molar-refractivity contribution in [2.75, 3.05) is 39.9 Å². The zero-order valence-electron chi connectivity index (χ0n) is 26.6. The van der Waals surface area contributed by atoms with Gasteiger partial charge < -0.3 is 29.5 Å². The highest BCUT2D eigenvalue weighted by molar-refractivity contribution is 5.79. The maximum atomic E-state index is 15.2. The molecule has 5 rings (SSSR count). The molecule has 2 aromatic rings. The minimum Gasteiger partial charge on any atom is -0.465 e. The van der Waals surface area contributed by atoms with Gasteiger partial charge in [0.05, 0.1) is 30.1 Å². The Bertz CT molecular complexity index is 1420. The number of piperazine rings is 1. The predicted molar refractivity (Wildman–Crippen MR) is 167 cm³/mol. The number of esters is 1. The molecular weight excluding hydrogens is 581 g/mol. The molecule has 2 saturated heterocycles. The summed E-state index contributed by atoms with van der Waals surface area (Å²) in [5, 5.41) is 29.1. The van der Waals surface area contributed by atoms with Crippen molar-refractivity contribution >= 4 is 29.2 Å². The Kier molecular flexibility index (Phi) is 10.6. The van der Waals surface area contributed by atoms with Crippen LogP contribution >= 0.6 is 0 Å². The lowest BCUT2D eigenvalue weighted by Gasteiger charge is -2.43. The van der Waals surface area contributed by atoms with E-state index in [0.717, 1.165) is 12.8 Å². The summed E-state index contributed by atoms with van der Waals surface area (Å²) >= 11 is 0. The molecule has 3 aliphatic rings. The van der Waals surface area contributed by atoms with E-state index < -0.39 is 30.1 Å². The highest BCUT2D eigenvalue weighted by atomic mass is 19.1. The second-order valence-electron chi connectivity index (χ2n) is 13.1. The summed E-state index contributed by atoms with van der Waals surface area (Å²) in [7, 11) is 2.00. The highest BCUT2D eigenvalue weighted by Gasteiger charge is 2.37. The summed E-state index contributed by atoms with van der Waals surface area (Å²) in [4.78, 5) is 28.9. The van der Waals surface area contributed by atoms with E-state index in [1.165, 1.54) is 11.0 Å². The van der Waals surface area contributed by atoms with Crippen molar-refractivity contribution in [1.82, 2.24) is 24.8 Å². The van der Waals surface area contributed by atoms with Gasteiger partial charge in [0.25, 0.3) is 0 Å². The number of aromatic nitrogens is 3. The number of carbonyl (C=O) groups excluding carboxylic acids is 1. The third-order valence-corrected chi connectivity index (χ3v) is 9.63. The van der Waals surface area contributed by atoms with E-state index >= 15 is 4.39 Å². The number of benzene rings is 1. The Labute approximate surface area is 263 Å². The summed E-state index contributed by atoms with van der Waals surface area (Å²) in [6, 6.07) is 3.09. The average molecular weight is 628 g/mol. The molecule has 1 aromatic carbocycles. The summed E-state index contributed by atoms with van der Waals surface area (Å²) in [5.41, 5.74) is 2.12. The van der Waals surface area contributed by atoms with Gasteiger partial charge in [0.15, 0.2) is 5.82 Å². The van der Waals surface area contributed by atoms with Gasteiger partial charge in [-0.25, -0.2) is 13.9 Å². The number of amides is 1. The molecule has 0 bridgehead atoms. The number of cyclic esters (lactones) is 1. The minimum atomic E-state index is -0.934. The van der Waals surface area contributed by atoms with E-state index in [-0.39, 0.29) is 41.8 Å². The summed E-state index contributed by atoms with van der Waals surface area (Å²) in [5.74, 6) is -1.29. The topological polar surface area (TPSA) is 130 Å². The Morgan fingerprint density at radius 2 is 1.87 bits per heavy atom. The normalized spacial score (nSPS) is 30.8. The Balaban J connectivity index is 1.47. The number of ether oxygens (including phenoxy) is 2. The number of carbonyl (C=O) groups is 2. The fourth-order valence-electron chi connectivity index (χ4n) is 7.02. The Hall–Kier alpha value is -3.35. The van der Waals surface area contributed by atoms with Crippen LogP contribution in [0.4, 0.5) is 9.18 Å². The van der Waals surface area contributed by atoms with Crippen molar-refractivity contribution < 1.29 is 33.7 Å². The largest absolute Gasteiger partial charge is 0.465 e. The molecule has 6 atom stereocenters. The number of aliphatic hydroxyl groups excluding tert-OH is 1. The van der Waals surface area contributed by atoms with Crippen LogP contribution in [-0.2, 0) is 14.3 Å². The molecule has 3 aliphatic heterocycles. The SMILES string of the molecule is C/C(=C\c1cc(F)c2nnn(C3CCOCC3)c2c1)[C@H]1OC(=O)C[C@H](O)CC[C@H](C)[C@@H](C2CN(C)CCN2C(=O)O)/C=C/[C@@H]1C. The number of halogens is 1. The highest BCUT2D eigenvalue weighted by Crippen LogP contribution is 2.32. The molecular formula is C33H46FN5O6. The summed E-state index contributed by atoms with van der Waals surface area (Å²) in [6.07, 6.45) is 5.86. The van der Waals surface area contributed by atoms with E-state index in [0.29, 0.717) is 62.3 Å². The molecule has 0 aliphatic carbocycles. The molecule has 2 N–H and O–H groups in total. The van der Waals surface area contributed by atoms with E-state index in [4.69, 9.17) is 9.47 Å². The first-order valence-electron chi connectivity index (χ1n) is 16.1. The van der Waals surface area contributed by atoms with Gasteiger partial charge in [0.1, 0.15) is 11.6 Å². The van der Waals surface area contributed by atoms with Gasteiger partial charge in [-0.2, -0.15) is 0 Å². The van der Waals surface area contributed by atoms with E-state index in [1.807, 2.05) is 39.1 Å². The van der Waals surface area contributed by atoms with Crippen molar-refractivity contribution in [3.63, 3.8) is 0 Å². The Morgan fingerprint density at radius 1 is 1.11 bits per heavy atom. The van der Waals surface area contributed by atoms with Crippen molar-refractivity contribution in [1.29, 1.82) is 0 Å². The van der Waals surface area contributed by atoms with Crippen LogP contribution in [0.15, 0.2) is 29.9 Å². The lowest BCUT2D eigenvalue weighted by Crippen LogP contribution is -2.57. The van der Waals surface area contributed by atoms with Crippen LogP contribution in [0.1, 0.15) is 64.5 Å². The average Bonchev–Trinajstić information content (AvgIpc) is 3.43. The minimum absolute atomic E-state index is 0.0656. The van der Waals surface area contributed by atoms with Crippen LogP contribution in [0.25, 0.3) is 17.1 Å². The van der Waals surface area contributed by atoms with Gasteiger partial charge in [0.2, 0.25) is 0 Å². The van der Waals surface area contributed by atoms with Crippen LogP contribution in [-0.4, -0.2) is 105 Å². The van der Waals surface area contributed by atoms with E-state index in [2.05, 4.69) is 28.2 Å². The predicted octanol–water partition coefficient (Wildman–Crippen LogP) is 4.52. The number of fused-ring (bicyclic) bond motifs is 1. The molecule has 45 heavy (non-hydrogen) atoms. The molecule has 246 valence electrons. The van der Waals surface area contributed by atoms with Crippen LogP contribution in [0.5, 0.6) is 0 Å². The fraction of sp³-hybridized carbons (Fsp3) is 0.636. The number of hydrogen-bond donors (Lipinski definition) is 2. The standard InChI is InChI=1S/C33H46FN5O6/c1-20-5-7-25(40)18-30(41)45-32(21(2)6-8-26(20)29-19-37(4)11-12-38(29)33(42)43)22(3)15-23-16-27(34)31-28(17-23)39(36-35-31)24-9-13-44-14-10-24/h6,8,15-17,20-21,24-26,29,32,40H,5,7,9-14,18-19H2,1-4H3,(H,42,43)/b8-6+,22-15+/t20-,21-,25+,26-,29?,32-/m0/s1. The zero-order chi connectivity index (χ0) is 32.2. The van der Waals surface area contributed by atoms with Gasteiger partial charge in [-0.05, 0) is 68.8 Å². The van der Waals surface area contributed by atoms with Gasteiger partial charge >= 0.3 is 12.1 Å². The van der Waals surface area contributed by atoms with Gasteiger partial charge in [-0.1, -0.05) is 37.3 Å². The molecule has 1 amide bonds. The molecule has 4 heterocycles. The molecule has 1 aromatic heterocycles. The fourth-order valence-corrected chi connectivity index (χ4v) is 7.02. The van der Waals surface area contributed by atoms with Gasteiger partial charge in [0, 0.05) is 44.7 Å². The van der Waals surface area contributed by atoms with Gasteiger partial charge in [-0.3, -0.25) is 4.79 Å². The lowest BCUT2D eigenvalue weighted by atomic mass is 9.80. The first-order valence-corrected chi connectivity index (χ1v) is 16.1. The second kappa shape index (κ2) is 14.4. The number of carboxylic acid groups (broad SMARTS) is 1. The van der Waals surface area contributed by atoms with Gasteiger partial charge in [-0.15, -0.1) is 5.10 Å². The molecule has 0 saturated carbocycles. The van der Waals surface area contributed by atoms with Crippen LogP contribution < -0.4 is 0 Å². The third kappa shape index (κ3) is 7.73. The maximum Gasteiger partial charge on any atom is 0.407 e. The van der Waals surface area contributed by atoms with Crippen molar-refractivity contribution in [2.45, 2.75) is 77.2 Å². The first-order chi connectivity index (χ1) is 21.5. The maximum absolute atomic E-state index is 15.2. The molecule has 0 spiro atoms. The first kappa shape index (κ1) is 33.0. The van der Waals surface area contributed by atoms with Crippen LogP contribution in [0.2, 0.25) is 0 Å². The number of rotatable bonds is 4. The second-order valence-corrected chi connectivity index (χ2v) is 13.1. The van der Waals surface area contributed by atoms with E-state index in [1.54, 1.807) is 4.68 Å². The van der Waals surface area contributed by atoms with Crippen molar-refractivity contribution in [3.8, 4) is 0 Å². The quantitative estimate of drug-likeness (QED) is 0.371. The molecule has 2 fully saturated rings. The Morgan fingerprint density at radius 3 is 2.60 bits per heavy atom. The van der Waals surface area contributed by atoms with Crippen molar-refractivity contribution in [3.05, 3.63) is 41.2 Å². The van der Waals surface area contributed by atoms with Crippen LogP contribution in [0, 0.1) is 23.6 Å². The molecule has 12 heteroatoms. The van der Waals surface area contributed by atoms with Crippen LogP contribution in [0.3, 0.4) is 0 Å². The lowest BCUT2D eigenvalue weighted by molar-refractivity contribution is -0.151. The monoisotopic (exact) mass is 627 g/mol. The smallest absolute Gasteiger partial charge is 0.407 e.